The van der Waals surface area contributed by atoms with E-state index in [-0.39, 0.29) is 17.2 Å². The van der Waals surface area contributed by atoms with Gasteiger partial charge >= 0.3 is 0 Å². The lowest BCUT2D eigenvalue weighted by Gasteiger charge is -2.38. The monoisotopic (exact) mass is 390 g/mol. The Morgan fingerprint density at radius 2 is 2.11 bits per heavy atom. The van der Waals surface area contributed by atoms with Gasteiger partial charge in [-0.1, -0.05) is 49.6 Å². The molecule has 0 saturated carbocycles. The Labute approximate surface area is 165 Å². The number of rotatable bonds is 6. The SMILES string of the molecule is CC[C@@H](C)/C=C(C)\C=C\C1=CC2=C(Cl)C(=O)[C@@](C)(O)[C@H](CC(C)=O)C2=CO1. The van der Waals surface area contributed by atoms with Gasteiger partial charge in [0.25, 0.3) is 0 Å². The molecule has 0 spiro atoms. The Balaban J connectivity index is 2.36. The van der Waals surface area contributed by atoms with Crippen LogP contribution in [-0.2, 0) is 14.3 Å². The van der Waals surface area contributed by atoms with E-state index in [1.54, 1.807) is 6.08 Å². The van der Waals surface area contributed by atoms with Crippen LogP contribution >= 0.6 is 11.6 Å². The molecule has 1 heterocycles. The first-order chi connectivity index (χ1) is 12.6. The smallest absolute Gasteiger partial charge is 0.206 e. The van der Waals surface area contributed by atoms with Crippen molar-refractivity contribution in [3.63, 3.8) is 0 Å². The van der Waals surface area contributed by atoms with Crippen molar-refractivity contribution in [3.8, 4) is 0 Å². The molecule has 0 aromatic rings. The average Bonchev–Trinajstić information content (AvgIpc) is 2.61. The summed E-state index contributed by atoms with van der Waals surface area (Å²) in [5.41, 5.74) is 0.455. The lowest BCUT2D eigenvalue weighted by molar-refractivity contribution is -0.137. The minimum atomic E-state index is -1.74. The molecule has 2 rings (SSSR count). The Hall–Kier alpha value is -1.91. The summed E-state index contributed by atoms with van der Waals surface area (Å²) in [6, 6.07) is 0. The van der Waals surface area contributed by atoms with E-state index < -0.39 is 17.3 Å². The second kappa shape index (κ2) is 8.41. The van der Waals surface area contributed by atoms with E-state index in [0.717, 1.165) is 12.0 Å². The van der Waals surface area contributed by atoms with Gasteiger partial charge in [0.2, 0.25) is 5.78 Å². The predicted octanol–water partition coefficient (Wildman–Crippen LogP) is 4.75. The molecule has 0 aromatic heterocycles. The molecule has 27 heavy (non-hydrogen) atoms. The summed E-state index contributed by atoms with van der Waals surface area (Å²) in [7, 11) is 0. The van der Waals surface area contributed by atoms with Gasteiger partial charge < -0.3 is 14.6 Å². The van der Waals surface area contributed by atoms with Crippen LogP contribution in [0.1, 0.15) is 47.5 Å². The fourth-order valence-electron chi connectivity index (χ4n) is 3.24. The minimum Gasteiger partial charge on any atom is -0.465 e. The second-order valence-electron chi connectivity index (χ2n) is 7.53. The first kappa shape index (κ1) is 21.4. The van der Waals surface area contributed by atoms with Gasteiger partial charge in [-0.25, -0.2) is 0 Å². The van der Waals surface area contributed by atoms with Gasteiger partial charge in [-0.3, -0.25) is 4.79 Å². The van der Waals surface area contributed by atoms with Crippen LogP contribution in [0.4, 0.5) is 0 Å². The number of Topliss-reactive ketones (excluding diaryl/α,β-unsaturated/α-hetero) is 2. The Morgan fingerprint density at radius 1 is 1.44 bits per heavy atom. The van der Waals surface area contributed by atoms with Gasteiger partial charge in [0.05, 0.1) is 11.3 Å². The lowest BCUT2D eigenvalue weighted by Crippen LogP contribution is -2.48. The number of hydrogen-bond donors (Lipinski definition) is 1. The zero-order chi connectivity index (χ0) is 20.4. The first-order valence-corrected chi connectivity index (χ1v) is 9.57. The quantitative estimate of drug-likeness (QED) is 0.664. The number of hydrogen-bond acceptors (Lipinski definition) is 4. The maximum atomic E-state index is 12.5. The van der Waals surface area contributed by atoms with Crippen LogP contribution in [0.5, 0.6) is 0 Å². The van der Waals surface area contributed by atoms with Crippen molar-refractivity contribution in [2.24, 2.45) is 11.8 Å². The van der Waals surface area contributed by atoms with Gasteiger partial charge in [0.15, 0.2) is 0 Å². The number of fused-ring (bicyclic) bond motifs is 1. The third kappa shape index (κ3) is 4.69. The van der Waals surface area contributed by atoms with Crippen molar-refractivity contribution in [1.82, 2.24) is 0 Å². The molecule has 1 aliphatic heterocycles. The first-order valence-electron chi connectivity index (χ1n) is 9.19. The minimum absolute atomic E-state index is 0.0351. The third-order valence-corrected chi connectivity index (χ3v) is 5.44. The van der Waals surface area contributed by atoms with E-state index >= 15 is 0 Å². The van der Waals surface area contributed by atoms with E-state index in [2.05, 4.69) is 19.9 Å². The molecule has 0 amide bonds. The van der Waals surface area contributed by atoms with Crippen molar-refractivity contribution in [1.29, 1.82) is 0 Å². The highest BCUT2D eigenvalue weighted by Crippen LogP contribution is 2.44. The number of ether oxygens (including phenoxy) is 1. The maximum Gasteiger partial charge on any atom is 0.206 e. The molecule has 0 aromatic carbocycles. The van der Waals surface area contributed by atoms with Crippen LogP contribution in [0.15, 0.2) is 58.1 Å². The molecule has 1 N–H and O–H groups in total. The summed E-state index contributed by atoms with van der Waals surface area (Å²) < 4.78 is 5.68. The summed E-state index contributed by atoms with van der Waals surface area (Å²) >= 11 is 6.25. The molecule has 0 bridgehead atoms. The summed E-state index contributed by atoms with van der Waals surface area (Å²) in [6.45, 7) is 9.13. The largest absolute Gasteiger partial charge is 0.465 e. The summed E-state index contributed by atoms with van der Waals surface area (Å²) in [6.07, 6.45) is 10.2. The van der Waals surface area contributed by atoms with E-state index in [0.29, 0.717) is 22.8 Å². The van der Waals surface area contributed by atoms with Crippen LogP contribution in [0.25, 0.3) is 0 Å². The summed E-state index contributed by atoms with van der Waals surface area (Å²) in [5.74, 6) is -0.345. The van der Waals surface area contributed by atoms with Crippen LogP contribution in [-0.4, -0.2) is 22.3 Å². The van der Waals surface area contributed by atoms with Crippen LogP contribution in [0, 0.1) is 11.8 Å². The van der Waals surface area contributed by atoms with Crippen LogP contribution in [0.2, 0.25) is 0 Å². The molecular weight excluding hydrogens is 364 g/mol. The highest BCUT2D eigenvalue weighted by Gasteiger charge is 2.48. The van der Waals surface area contributed by atoms with Crippen molar-refractivity contribution in [2.75, 3.05) is 0 Å². The highest BCUT2D eigenvalue weighted by atomic mass is 35.5. The molecule has 5 heteroatoms. The molecule has 2 aliphatic rings. The zero-order valence-electron chi connectivity index (χ0n) is 16.5. The van der Waals surface area contributed by atoms with Gasteiger partial charge in [-0.05, 0) is 38.8 Å². The highest BCUT2D eigenvalue weighted by molar-refractivity contribution is 6.45. The van der Waals surface area contributed by atoms with E-state index in [4.69, 9.17) is 16.3 Å². The topological polar surface area (TPSA) is 63.6 Å². The van der Waals surface area contributed by atoms with Crippen LogP contribution in [0.3, 0.4) is 0 Å². The fourth-order valence-corrected chi connectivity index (χ4v) is 3.59. The number of ketones is 2. The summed E-state index contributed by atoms with van der Waals surface area (Å²) in [5, 5.41) is 10.6. The van der Waals surface area contributed by atoms with Crippen molar-refractivity contribution < 1.29 is 19.4 Å². The van der Waals surface area contributed by atoms with E-state index in [1.165, 1.54) is 20.1 Å². The predicted molar refractivity (Wildman–Crippen MR) is 107 cm³/mol. The number of halogens is 1. The van der Waals surface area contributed by atoms with Gasteiger partial charge in [0.1, 0.15) is 17.1 Å². The van der Waals surface area contributed by atoms with Crippen molar-refractivity contribution >= 4 is 23.2 Å². The molecule has 1 aliphatic carbocycles. The lowest BCUT2D eigenvalue weighted by atomic mass is 9.70. The molecule has 146 valence electrons. The number of allylic oxidation sites excluding steroid dienone is 6. The Morgan fingerprint density at radius 3 is 2.70 bits per heavy atom. The molecule has 0 saturated heterocycles. The molecule has 3 atom stereocenters. The van der Waals surface area contributed by atoms with Crippen LogP contribution < -0.4 is 0 Å². The van der Waals surface area contributed by atoms with E-state index in [9.17, 15) is 14.7 Å². The molecular formula is C22H27ClO4. The standard InChI is InChI=1S/C22H27ClO4/c1-6-13(2)9-14(3)7-8-16-11-17-18(12-27-16)19(10-15(4)24)22(5,26)21(25)20(17)23/h7-9,11-13,19,26H,6,10H2,1-5H3/b8-7+,14-9-/t13-,19-,22+/m1/s1. The van der Waals surface area contributed by atoms with E-state index in [1.807, 2.05) is 19.1 Å². The number of carbonyl (C=O) groups excluding carboxylic acids is 2. The Kier molecular flexibility index (Phi) is 6.66. The second-order valence-corrected chi connectivity index (χ2v) is 7.91. The molecule has 0 fully saturated rings. The van der Waals surface area contributed by atoms with Gasteiger partial charge in [-0.15, -0.1) is 0 Å². The summed E-state index contributed by atoms with van der Waals surface area (Å²) in [4.78, 5) is 24.2. The maximum absolute atomic E-state index is 12.5. The third-order valence-electron chi connectivity index (χ3n) is 5.06. The normalized spacial score (nSPS) is 27.1. The molecule has 4 nitrogen and oxygen atoms in total. The molecule has 0 radical (unpaired) electrons. The zero-order valence-corrected chi connectivity index (χ0v) is 17.3. The van der Waals surface area contributed by atoms with Gasteiger partial charge in [-0.2, -0.15) is 0 Å². The number of carbonyl (C=O) groups is 2. The number of aliphatic hydroxyl groups is 1. The Bertz CT molecular complexity index is 793. The average molecular weight is 391 g/mol. The van der Waals surface area contributed by atoms with Crippen molar-refractivity contribution in [2.45, 2.75) is 53.1 Å². The van der Waals surface area contributed by atoms with Gasteiger partial charge in [0, 0.05) is 23.5 Å². The fraction of sp³-hybridized carbons (Fsp3) is 0.455. The molecule has 0 unspecified atom stereocenters. The van der Waals surface area contributed by atoms with Crippen molar-refractivity contribution in [3.05, 3.63) is 58.1 Å².